The summed E-state index contributed by atoms with van der Waals surface area (Å²) in [5.74, 6) is 0.910. The van der Waals surface area contributed by atoms with Gasteiger partial charge in [-0.05, 0) is 62.2 Å². The third-order valence-corrected chi connectivity index (χ3v) is 5.50. The number of benzene rings is 1. The zero-order valence-electron chi connectivity index (χ0n) is 13.3. The van der Waals surface area contributed by atoms with Crippen LogP contribution in [-0.4, -0.2) is 29.1 Å². The quantitative estimate of drug-likeness (QED) is 0.910. The average molecular weight is 287 g/mol. The molecule has 3 rings (SSSR count). The Morgan fingerprint density at radius 3 is 2.86 bits per heavy atom. The molecule has 116 valence electrons. The molecular weight excluding hydrogens is 258 g/mol. The van der Waals surface area contributed by atoms with Crippen LogP contribution in [0.15, 0.2) is 24.3 Å². The summed E-state index contributed by atoms with van der Waals surface area (Å²) < 4.78 is 0. The van der Waals surface area contributed by atoms with Crippen molar-refractivity contribution in [2.75, 3.05) is 13.1 Å². The maximum absolute atomic E-state index is 10.8. The highest BCUT2D eigenvalue weighted by Gasteiger charge is 2.32. The van der Waals surface area contributed by atoms with Crippen molar-refractivity contribution in [3.63, 3.8) is 0 Å². The van der Waals surface area contributed by atoms with Crippen LogP contribution in [0, 0.1) is 5.92 Å². The summed E-state index contributed by atoms with van der Waals surface area (Å²) in [4.78, 5) is 2.58. The van der Waals surface area contributed by atoms with Gasteiger partial charge in [-0.3, -0.25) is 4.90 Å². The highest BCUT2D eigenvalue weighted by Crippen LogP contribution is 2.34. The fourth-order valence-corrected chi connectivity index (χ4v) is 4.32. The smallest absolute Gasteiger partial charge is 0.0947 e. The van der Waals surface area contributed by atoms with E-state index in [-0.39, 0.29) is 6.10 Å². The van der Waals surface area contributed by atoms with E-state index in [1.54, 1.807) is 0 Å². The average Bonchev–Trinajstić information content (AvgIpc) is 2.74. The SMILES string of the molecule is CCCC1CCCN(C2CCc3ccccc3C2O)CC1. The molecule has 0 bridgehead atoms. The zero-order valence-corrected chi connectivity index (χ0v) is 13.3. The Balaban J connectivity index is 1.67. The van der Waals surface area contributed by atoms with E-state index < -0.39 is 0 Å². The summed E-state index contributed by atoms with van der Waals surface area (Å²) in [5, 5.41) is 10.8. The first-order valence-electron chi connectivity index (χ1n) is 8.79. The molecule has 0 radical (unpaired) electrons. The summed E-state index contributed by atoms with van der Waals surface area (Å²) in [5.41, 5.74) is 2.52. The molecule has 0 saturated carbocycles. The van der Waals surface area contributed by atoms with Crippen molar-refractivity contribution >= 4 is 0 Å². The molecule has 1 saturated heterocycles. The van der Waals surface area contributed by atoms with E-state index in [9.17, 15) is 5.11 Å². The third kappa shape index (κ3) is 3.32. The number of aliphatic hydroxyl groups is 1. The van der Waals surface area contributed by atoms with E-state index in [0.29, 0.717) is 6.04 Å². The van der Waals surface area contributed by atoms with Crippen LogP contribution < -0.4 is 0 Å². The van der Waals surface area contributed by atoms with Crippen molar-refractivity contribution in [3.05, 3.63) is 35.4 Å². The Kier molecular flexibility index (Phi) is 4.97. The molecule has 1 aliphatic heterocycles. The molecule has 0 aromatic heterocycles. The summed E-state index contributed by atoms with van der Waals surface area (Å²) in [6.07, 6.45) is 8.62. The summed E-state index contributed by atoms with van der Waals surface area (Å²) in [7, 11) is 0. The van der Waals surface area contributed by atoms with Crippen LogP contribution in [-0.2, 0) is 6.42 Å². The number of hydrogen-bond acceptors (Lipinski definition) is 2. The Morgan fingerprint density at radius 1 is 1.14 bits per heavy atom. The molecule has 21 heavy (non-hydrogen) atoms. The summed E-state index contributed by atoms with van der Waals surface area (Å²) in [6.45, 7) is 4.64. The van der Waals surface area contributed by atoms with Gasteiger partial charge in [0.25, 0.3) is 0 Å². The molecular formula is C19H29NO. The topological polar surface area (TPSA) is 23.5 Å². The second-order valence-corrected chi connectivity index (χ2v) is 6.87. The first-order valence-corrected chi connectivity index (χ1v) is 8.79. The van der Waals surface area contributed by atoms with Gasteiger partial charge in [0.2, 0.25) is 0 Å². The van der Waals surface area contributed by atoms with Gasteiger partial charge >= 0.3 is 0 Å². The molecule has 3 atom stereocenters. The zero-order chi connectivity index (χ0) is 14.7. The molecule has 1 heterocycles. The van der Waals surface area contributed by atoms with E-state index in [4.69, 9.17) is 0 Å². The molecule has 1 aliphatic carbocycles. The molecule has 0 amide bonds. The lowest BCUT2D eigenvalue weighted by Gasteiger charge is -2.38. The maximum atomic E-state index is 10.8. The molecule has 0 spiro atoms. The van der Waals surface area contributed by atoms with Crippen LogP contribution in [0.25, 0.3) is 0 Å². The normalized spacial score (nSPS) is 30.7. The minimum atomic E-state index is -0.294. The molecule has 1 fully saturated rings. The Morgan fingerprint density at radius 2 is 2.00 bits per heavy atom. The van der Waals surface area contributed by atoms with Crippen LogP contribution in [0.2, 0.25) is 0 Å². The molecule has 2 aliphatic rings. The van der Waals surface area contributed by atoms with Gasteiger partial charge in [0.15, 0.2) is 0 Å². The van der Waals surface area contributed by atoms with Crippen LogP contribution in [0.5, 0.6) is 0 Å². The van der Waals surface area contributed by atoms with Crippen LogP contribution >= 0.6 is 0 Å². The molecule has 1 N–H and O–H groups in total. The predicted molar refractivity (Wildman–Crippen MR) is 87.3 cm³/mol. The van der Waals surface area contributed by atoms with Gasteiger partial charge in [0.05, 0.1) is 6.10 Å². The molecule has 2 heteroatoms. The van der Waals surface area contributed by atoms with E-state index in [2.05, 4.69) is 36.1 Å². The number of nitrogens with zero attached hydrogens (tertiary/aromatic N) is 1. The van der Waals surface area contributed by atoms with Crippen molar-refractivity contribution in [1.82, 2.24) is 4.90 Å². The van der Waals surface area contributed by atoms with Crippen molar-refractivity contribution in [1.29, 1.82) is 0 Å². The fourth-order valence-electron chi connectivity index (χ4n) is 4.32. The van der Waals surface area contributed by atoms with Crippen molar-refractivity contribution in [2.24, 2.45) is 5.92 Å². The largest absolute Gasteiger partial charge is 0.387 e. The number of aliphatic hydroxyl groups excluding tert-OH is 1. The highest BCUT2D eigenvalue weighted by molar-refractivity contribution is 5.32. The maximum Gasteiger partial charge on any atom is 0.0947 e. The lowest BCUT2D eigenvalue weighted by Crippen LogP contribution is -2.42. The van der Waals surface area contributed by atoms with Crippen molar-refractivity contribution in [2.45, 2.75) is 64.0 Å². The van der Waals surface area contributed by atoms with Gasteiger partial charge < -0.3 is 5.11 Å². The van der Waals surface area contributed by atoms with Crippen molar-refractivity contribution in [3.8, 4) is 0 Å². The molecule has 3 unspecified atom stereocenters. The van der Waals surface area contributed by atoms with E-state index in [0.717, 1.165) is 18.8 Å². The van der Waals surface area contributed by atoms with E-state index in [1.807, 2.05) is 0 Å². The second kappa shape index (κ2) is 6.93. The Bertz CT molecular complexity index is 459. The number of likely N-dealkylation sites (tertiary alicyclic amines) is 1. The van der Waals surface area contributed by atoms with Gasteiger partial charge in [-0.2, -0.15) is 0 Å². The highest BCUT2D eigenvalue weighted by atomic mass is 16.3. The minimum Gasteiger partial charge on any atom is -0.387 e. The van der Waals surface area contributed by atoms with Crippen LogP contribution in [0.3, 0.4) is 0 Å². The number of hydrogen-bond donors (Lipinski definition) is 1. The van der Waals surface area contributed by atoms with Gasteiger partial charge in [-0.25, -0.2) is 0 Å². The summed E-state index contributed by atoms with van der Waals surface area (Å²) >= 11 is 0. The van der Waals surface area contributed by atoms with E-state index >= 15 is 0 Å². The Hall–Kier alpha value is -0.860. The molecule has 2 nitrogen and oxygen atoms in total. The van der Waals surface area contributed by atoms with E-state index in [1.165, 1.54) is 56.3 Å². The molecule has 1 aromatic carbocycles. The fraction of sp³-hybridized carbons (Fsp3) is 0.684. The van der Waals surface area contributed by atoms with Gasteiger partial charge in [-0.15, -0.1) is 0 Å². The standard InChI is InChI=1S/C19H29NO/c1-2-6-15-7-5-13-20(14-12-15)18-11-10-16-8-3-4-9-17(16)19(18)21/h3-4,8-9,15,18-19,21H,2,5-7,10-14H2,1H3. The summed E-state index contributed by atoms with van der Waals surface area (Å²) in [6, 6.07) is 8.77. The van der Waals surface area contributed by atoms with Crippen molar-refractivity contribution < 1.29 is 5.11 Å². The second-order valence-electron chi connectivity index (χ2n) is 6.87. The first-order chi connectivity index (χ1) is 10.3. The monoisotopic (exact) mass is 287 g/mol. The van der Waals surface area contributed by atoms with Gasteiger partial charge in [0, 0.05) is 6.04 Å². The van der Waals surface area contributed by atoms with Gasteiger partial charge in [0.1, 0.15) is 0 Å². The number of rotatable bonds is 3. The first kappa shape index (κ1) is 15.1. The predicted octanol–water partition coefficient (Wildman–Crippen LogP) is 3.94. The van der Waals surface area contributed by atoms with Crippen LogP contribution in [0.4, 0.5) is 0 Å². The lowest BCUT2D eigenvalue weighted by molar-refractivity contribution is 0.0371. The lowest BCUT2D eigenvalue weighted by atomic mass is 9.85. The number of fused-ring (bicyclic) bond motifs is 1. The Labute approximate surface area is 129 Å². The van der Waals surface area contributed by atoms with Gasteiger partial charge in [-0.1, -0.05) is 44.0 Å². The molecule has 1 aromatic rings. The third-order valence-electron chi connectivity index (χ3n) is 5.50. The van der Waals surface area contributed by atoms with Crippen LogP contribution in [0.1, 0.15) is 62.7 Å². The minimum absolute atomic E-state index is 0.294. The number of aryl methyl sites for hydroxylation is 1.